The average Bonchev–Trinajstić information content (AvgIpc) is 2.25. The second-order valence-corrected chi connectivity index (χ2v) is 2.85. The van der Waals surface area contributed by atoms with Crippen molar-refractivity contribution in [3.8, 4) is 0 Å². The van der Waals surface area contributed by atoms with Crippen LogP contribution in [0.25, 0.3) is 0 Å². The Balaban J connectivity index is 2.07. The van der Waals surface area contributed by atoms with E-state index in [1.165, 1.54) is 0 Å². The zero-order chi connectivity index (χ0) is 10.1. The van der Waals surface area contributed by atoms with E-state index >= 15 is 0 Å². The van der Waals surface area contributed by atoms with Crippen LogP contribution in [0.2, 0.25) is 0 Å². The Labute approximate surface area is 84.6 Å². The summed E-state index contributed by atoms with van der Waals surface area (Å²) in [7, 11) is 0. The van der Waals surface area contributed by atoms with E-state index in [2.05, 4.69) is 4.98 Å². The first kappa shape index (κ1) is 10.9. The fraction of sp³-hybridized carbons (Fsp3) is 0.364. The van der Waals surface area contributed by atoms with Crippen LogP contribution in [0.1, 0.15) is 5.69 Å². The summed E-state index contributed by atoms with van der Waals surface area (Å²) in [6.45, 7) is 1.90. The van der Waals surface area contributed by atoms with Gasteiger partial charge < -0.3 is 10.5 Å². The third-order valence-corrected chi connectivity index (χ3v) is 1.75. The molecule has 1 rings (SSSR count). The molecule has 0 bridgehead atoms. The molecule has 0 amide bonds. The van der Waals surface area contributed by atoms with Gasteiger partial charge in [0.2, 0.25) is 0 Å². The van der Waals surface area contributed by atoms with Crippen LogP contribution in [-0.2, 0) is 11.2 Å². The summed E-state index contributed by atoms with van der Waals surface area (Å²) in [5.74, 6) is 0. The van der Waals surface area contributed by atoms with Crippen LogP contribution in [0.15, 0.2) is 36.5 Å². The maximum absolute atomic E-state index is 5.36. The van der Waals surface area contributed by atoms with E-state index in [-0.39, 0.29) is 0 Å². The van der Waals surface area contributed by atoms with Gasteiger partial charge in [0.05, 0.1) is 13.2 Å². The number of nitrogens with two attached hydrogens (primary N) is 1. The molecule has 1 heterocycles. The summed E-state index contributed by atoms with van der Waals surface area (Å²) in [6, 6.07) is 5.89. The van der Waals surface area contributed by atoms with E-state index < -0.39 is 0 Å². The fourth-order valence-electron chi connectivity index (χ4n) is 1.04. The molecule has 0 atom stereocenters. The van der Waals surface area contributed by atoms with E-state index in [1.807, 2.05) is 30.4 Å². The highest BCUT2D eigenvalue weighted by Gasteiger charge is 1.91. The third-order valence-electron chi connectivity index (χ3n) is 1.75. The normalized spacial score (nSPS) is 10.9. The van der Waals surface area contributed by atoms with Crippen molar-refractivity contribution in [1.29, 1.82) is 0 Å². The van der Waals surface area contributed by atoms with E-state index in [9.17, 15) is 0 Å². The highest BCUT2D eigenvalue weighted by Crippen LogP contribution is 1.94. The van der Waals surface area contributed by atoms with Gasteiger partial charge in [-0.25, -0.2) is 0 Å². The SMILES string of the molecule is NCC=CCOCCc1ccccn1. The summed E-state index contributed by atoms with van der Waals surface area (Å²) in [6.07, 6.45) is 6.47. The molecule has 0 radical (unpaired) electrons. The zero-order valence-electron chi connectivity index (χ0n) is 8.23. The minimum atomic E-state index is 0.573. The lowest BCUT2D eigenvalue weighted by Gasteiger charge is -2.00. The number of pyridine rings is 1. The first-order valence-electron chi connectivity index (χ1n) is 4.76. The molecule has 1 aromatic rings. The van der Waals surface area contributed by atoms with Gasteiger partial charge in [-0.2, -0.15) is 0 Å². The third kappa shape index (κ3) is 4.74. The molecule has 0 unspecified atom stereocenters. The lowest BCUT2D eigenvalue weighted by atomic mass is 10.3. The molecule has 0 spiro atoms. The lowest BCUT2D eigenvalue weighted by molar-refractivity contribution is 0.165. The minimum Gasteiger partial charge on any atom is -0.377 e. The summed E-state index contributed by atoms with van der Waals surface area (Å²) in [5.41, 5.74) is 6.35. The molecule has 14 heavy (non-hydrogen) atoms. The first-order chi connectivity index (χ1) is 6.93. The summed E-state index contributed by atoms with van der Waals surface area (Å²) >= 11 is 0. The Morgan fingerprint density at radius 1 is 1.36 bits per heavy atom. The number of ether oxygens (including phenoxy) is 1. The smallest absolute Gasteiger partial charge is 0.0648 e. The first-order valence-corrected chi connectivity index (χ1v) is 4.76. The van der Waals surface area contributed by atoms with Crippen molar-refractivity contribution in [3.05, 3.63) is 42.2 Å². The number of hydrogen-bond acceptors (Lipinski definition) is 3. The predicted molar refractivity (Wildman–Crippen MR) is 57.0 cm³/mol. The Morgan fingerprint density at radius 3 is 3.00 bits per heavy atom. The van der Waals surface area contributed by atoms with Gasteiger partial charge in [-0.15, -0.1) is 0 Å². The van der Waals surface area contributed by atoms with Crippen LogP contribution in [0.3, 0.4) is 0 Å². The molecular formula is C11H16N2O. The Hall–Kier alpha value is -1.19. The molecule has 76 valence electrons. The van der Waals surface area contributed by atoms with Crippen LogP contribution in [0, 0.1) is 0 Å². The van der Waals surface area contributed by atoms with Crippen LogP contribution in [0.5, 0.6) is 0 Å². The number of aromatic nitrogens is 1. The highest BCUT2D eigenvalue weighted by molar-refractivity contribution is 5.03. The Morgan fingerprint density at radius 2 is 2.29 bits per heavy atom. The molecular weight excluding hydrogens is 176 g/mol. The van der Waals surface area contributed by atoms with Gasteiger partial charge in [-0.1, -0.05) is 18.2 Å². The van der Waals surface area contributed by atoms with Crippen LogP contribution >= 0.6 is 0 Å². The largest absolute Gasteiger partial charge is 0.377 e. The highest BCUT2D eigenvalue weighted by atomic mass is 16.5. The van der Waals surface area contributed by atoms with Gasteiger partial charge in [0, 0.05) is 24.9 Å². The van der Waals surface area contributed by atoms with Crippen LogP contribution < -0.4 is 5.73 Å². The van der Waals surface area contributed by atoms with Crippen molar-refractivity contribution < 1.29 is 4.74 Å². The Kier molecular flexibility index (Phi) is 5.63. The summed E-state index contributed by atoms with van der Waals surface area (Å²) in [5, 5.41) is 0. The van der Waals surface area contributed by atoms with E-state index in [4.69, 9.17) is 10.5 Å². The second-order valence-electron chi connectivity index (χ2n) is 2.85. The molecule has 1 aromatic heterocycles. The number of nitrogens with zero attached hydrogens (tertiary/aromatic N) is 1. The number of hydrogen-bond donors (Lipinski definition) is 1. The zero-order valence-corrected chi connectivity index (χ0v) is 8.23. The average molecular weight is 192 g/mol. The maximum Gasteiger partial charge on any atom is 0.0648 e. The topological polar surface area (TPSA) is 48.1 Å². The van der Waals surface area contributed by atoms with Crippen LogP contribution in [-0.4, -0.2) is 24.7 Å². The lowest BCUT2D eigenvalue weighted by Crippen LogP contribution is -2.00. The molecule has 2 N–H and O–H groups in total. The van der Waals surface area contributed by atoms with Gasteiger partial charge in [0.1, 0.15) is 0 Å². The Bertz CT molecular complexity index is 259. The van der Waals surface area contributed by atoms with E-state index in [0.717, 1.165) is 12.1 Å². The van der Waals surface area contributed by atoms with Crippen LogP contribution in [0.4, 0.5) is 0 Å². The molecule has 3 heteroatoms. The molecule has 0 saturated heterocycles. The van der Waals surface area contributed by atoms with E-state index in [0.29, 0.717) is 19.8 Å². The number of rotatable bonds is 6. The summed E-state index contributed by atoms with van der Waals surface area (Å²) < 4.78 is 5.36. The van der Waals surface area contributed by atoms with Crippen molar-refractivity contribution >= 4 is 0 Å². The standard InChI is InChI=1S/C11H16N2O/c12-7-2-4-9-14-10-6-11-5-1-3-8-13-11/h1-5,8H,6-7,9-10,12H2. The van der Waals surface area contributed by atoms with Crippen molar-refractivity contribution in [2.24, 2.45) is 5.73 Å². The molecule has 0 saturated carbocycles. The second kappa shape index (κ2) is 7.24. The van der Waals surface area contributed by atoms with Gasteiger partial charge in [-0.05, 0) is 12.1 Å². The molecule has 0 aliphatic rings. The molecule has 0 fully saturated rings. The van der Waals surface area contributed by atoms with Gasteiger partial charge in [0.15, 0.2) is 0 Å². The maximum atomic E-state index is 5.36. The fourth-order valence-corrected chi connectivity index (χ4v) is 1.04. The molecule has 3 nitrogen and oxygen atoms in total. The quantitative estimate of drug-likeness (QED) is 0.543. The van der Waals surface area contributed by atoms with E-state index in [1.54, 1.807) is 6.20 Å². The van der Waals surface area contributed by atoms with Crippen molar-refractivity contribution in [3.63, 3.8) is 0 Å². The molecule has 0 aromatic carbocycles. The molecule has 0 aliphatic carbocycles. The van der Waals surface area contributed by atoms with Gasteiger partial charge in [0.25, 0.3) is 0 Å². The monoisotopic (exact) mass is 192 g/mol. The van der Waals surface area contributed by atoms with Gasteiger partial charge in [-0.3, -0.25) is 4.98 Å². The van der Waals surface area contributed by atoms with Crippen molar-refractivity contribution in [1.82, 2.24) is 4.98 Å². The van der Waals surface area contributed by atoms with Gasteiger partial charge >= 0.3 is 0 Å². The minimum absolute atomic E-state index is 0.573. The molecule has 0 aliphatic heterocycles. The van der Waals surface area contributed by atoms with Crippen molar-refractivity contribution in [2.45, 2.75) is 6.42 Å². The predicted octanol–water partition coefficient (Wildman–Crippen LogP) is 1.16. The van der Waals surface area contributed by atoms with Crippen molar-refractivity contribution in [2.75, 3.05) is 19.8 Å². The summed E-state index contributed by atoms with van der Waals surface area (Å²) in [4.78, 5) is 4.19.